The highest BCUT2D eigenvalue weighted by Gasteiger charge is 2.45. The number of carboxylic acids is 1. The van der Waals surface area contributed by atoms with Gasteiger partial charge in [0.2, 0.25) is 5.88 Å². The lowest BCUT2D eigenvalue weighted by molar-refractivity contribution is -0.136. The normalized spacial score (nSPS) is 14.2. The summed E-state index contributed by atoms with van der Waals surface area (Å²) in [7, 11) is 0. The van der Waals surface area contributed by atoms with Crippen molar-refractivity contribution in [2.75, 3.05) is 5.32 Å². The third-order valence-corrected chi connectivity index (χ3v) is 5.64. The molecule has 2 aromatic heterocycles. The Balaban J connectivity index is 1.48. The van der Waals surface area contributed by atoms with Gasteiger partial charge in [-0.1, -0.05) is 24.3 Å². The Hall–Kier alpha value is -4.00. The zero-order valence-corrected chi connectivity index (χ0v) is 17.1. The fourth-order valence-corrected chi connectivity index (χ4v) is 3.83. The summed E-state index contributed by atoms with van der Waals surface area (Å²) >= 11 is 0. The van der Waals surface area contributed by atoms with Crippen molar-refractivity contribution in [3.05, 3.63) is 90.0 Å². The van der Waals surface area contributed by atoms with Crippen LogP contribution in [-0.2, 0) is 16.8 Å². The second kappa shape index (κ2) is 7.92. The fraction of sp³-hybridized carbons (Fsp3) is 0.160. The first-order valence-electron chi connectivity index (χ1n) is 10.3. The van der Waals surface area contributed by atoms with Crippen molar-refractivity contribution in [1.29, 1.82) is 0 Å². The molecule has 2 heterocycles. The first-order chi connectivity index (χ1) is 15.5. The van der Waals surface area contributed by atoms with Gasteiger partial charge in [0.15, 0.2) is 0 Å². The molecule has 0 bridgehead atoms. The molecule has 2 aromatic carbocycles. The fourth-order valence-electron chi connectivity index (χ4n) is 3.83. The van der Waals surface area contributed by atoms with E-state index in [0.29, 0.717) is 17.4 Å². The van der Waals surface area contributed by atoms with Crippen molar-refractivity contribution in [2.24, 2.45) is 0 Å². The molecule has 4 aromatic rings. The van der Waals surface area contributed by atoms with E-state index in [9.17, 15) is 9.18 Å². The number of halogens is 1. The number of pyridine rings is 2. The van der Waals surface area contributed by atoms with Crippen LogP contribution >= 0.6 is 0 Å². The van der Waals surface area contributed by atoms with E-state index < -0.39 is 5.97 Å². The van der Waals surface area contributed by atoms with Crippen LogP contribution in [0.3, 0.4) is 0 Å². The number of anilines is 1. The molecule has 2 N–H and O–H groups in total. The number of hydrogen-bond donors (Lipinski definition) is 2. The molecule has 160 valence electrons. The van der Waals surface area contributed by atoms with Crippen LogP contribution in [0.1, 0.15) is 24.0 Å². The predicted molar refractivity (Wildman–Crippen MR) is 118 cm³/mol. The number of aliphatic carboxylic acids is 1. The Morgan fingerprint density at radius 1 is 1.00 bits per heavy atom. The molecule has 0 atom stereocenters. The Morgan fingerprint density at radius 3 is 2.34 bits per heavy atom. The smallest absolute Gasteiger partial charge is 0.307 e. The van der Waals surface area contributed by atoms with Crippen molar-refractivity contribution >= 4 is 22.6 Å². The van der Waals surface area contributed by atoms with Crippen LogP contribution in [0.4, 0.5) is 10.2 Å². The first-order valence-corrected chi connectivity index (χ1v) is 10.3. The van der Waals surface area contributed by atoms with Crippen molar-refractivity contribution in [1.82, 2.24) is 9.97 Å². The van der Waals surface area contributed by atoms with Gasteiger partial charge in [-0.25, -0.2) is 14.4 Å². The Labute approximate surface area is 183 Å². The van der Waals surface area contributed by atoms with E-state index in [2.05, 4.69) is 15.3 Å². The molecular weight excluding hydrogens is 409 g/mol. The van der Waals surface area contributed by atoms with E-state index >= 15 is 0 Å². The van der Waals surface area contributed by atoms with Crippen LogP contribution in [0.2, 0.25) is 0 Å². The number of carbonyl (C=O) groups is 1. The number of nitrogens with zero attached hydrogens (tertiary/aromatic N) is 2. The molecule has 0 saturated heterocycles. The van der Waals surface area contributed by atoms with E-state index in [1.54, 1.807) is 24.5 Å². The van der Waals surface area contributed by atoms with Gasteiger partial charge in [-0.15, -0.1) is 0 Å². The van der Waals surface area contributed by atoms with Crippen LogP contribution in [-0.4, -0.2) is 21.0 Å². The average molecular weight is 429 g/mol. The molecule has 0 spiro atoms. The summed E-state index contributed by atoms with van der Waals surface area (Å²) in [5.41, 5.74) is 1.57. The summed E-state index contributed by atoms with van der Waals surface area (Å²) in [5, 5.41) is 14.2. The highest BCUT2D eigenvalue weighted by Crippen LogP contribution is 2.49. The predicted octanol–water partition coefficient (Wildman–Crippen LogP) is 5.29. The quantitative estimate of drug-likeness (QED) is 0.415. The number of aromatic nitrogens is 2. The van der Waals surface area contributed by atoms with Gasteiger partial charge in [-0.2, -0.15) is 0 Å². The lowest BCUT2D eigenvalue weighted by atomic mass is 10.0. The van der Waals surface area contributed by atoms with Crippen LogP contribution in [0.25, 0.3) is 10.8 Å². The standard InChI is InChI=1S/C25H20FN3O3/c26-19-5-7-20(8-6-19)32-24-22-17(10-14-28-24)9-13-27-23(22)29-25(11-12-25)18-3-1-16(2-4-18)15-21(30)31/h1-10,13-14H,11-12,15H2,(H,27,29)(H,30,31). The second-order valence-electron chi connectivity index (χ2n) is 7.90. The molecule has 1 saturated carbocycles. The minimum atomic E-state index is -0.849. The molecule has 0 aliphatic heterocycles. The molecule has 7 heteroatoms. The minimum Gasteiger partial charge on any atom is -0.481 e. The maximum Gasteiger partial charge on any atom is 0.307 e. The van der Waals surface area contributed by atoms with Gasteiger partial charge in [-0.3, -0.25) is 4.79 Å². The lowest BCUT2D eigenvalue weighted by Crippen LogP contribution is -2.20. The highest BCUT2D eigenvalue weighted by molar-refractivity contribution is 5.96. The van der Waals surface area contributed by atoms with Gasteiger partial charge in [0.25, 0.3) is 0 Å². The summed E-state index contributed by atoms with van der Waals surface area (Å²) in [4.78, 5) is 19.9. The molecule has 32 heavy (non-hydrogen) atoms. The molecule has 0 radical (unpaired) electrons. The van der Waals surface area contributed by atoms with E-state index in [1.165, 1.54) is 12.1 Å². The van der Waals surface area contributed by atoms with E-state index in [0.717, 1.165) is 34.7 Å². The first kappa shape index (κ1) is 19.9. The largest absolute Gasteiger partial charge is 0.481 e. The monoisotopic (exact) mass is 429 g/mol. The summed E-state index contributed by atoms with van der Waals surface area (Å²) < 4.78 is 19.2. The van der Waals surface area contributed by atoms with Crippen molar-refractivity contribution in [2.45, 2.75) is 24.8 Å². The number of hydrogen-bond acceptors (Lipinski definition) is 5. The lowest BCUT2D eigenvalue weighted by Gasteiger charge is -2.21. The number of ether oxygens (including phenoxy) is 1. The number of carboxylic acid groups (broad SMARTS) is 1. The SMILES string of the molecule is O=C(O)Cc1ccc(C2(Nc3nccc4ccnc(Oc5ccc(F)cc5)c34)CC2)cc1. The second-order valence-corrected chi connectivity index (χ2v) is 7.90. The third-order valence-electron chi connectivity index (χ3n) is 5.64. The number of nitrogens with one attached hydrogen (secondary N) is 1. The summed E-state index contributed by atoms with van der Waals surface area (Å²) in [6.45, 7) is 0. The zero-order chi connectivity index (χ0) is 22.1. The van der Waals surface area contributed by atoms with Gasteiger partial charge in [0.05, 0.1) is 17.3 Å². The van der Waals surface area contributed by atoms with Crippen molar-refractivity contribution < 1.29 is 19.0 Å². The third kappa shape index (κ3) is 3.97. The minimum absolute atomic E-state index is 0.00133. The van der Waals surface area contributed by atoms with Gasteiger partial charge in [-0.05, 0) is 65.8 Å². The van der Waals surface area contributed by atoms with E-state index in [1.807, 2.05) is 36.4 Å². The summed E-state index contributed by atoms with van der Waals surface area (Å²) in [6, 6.07) is 17.2. The highest BCUT2D eigenvalue weighted by atomic mass is 19.1. The summed E-state index contributed by atoms with van der Waals surface area (Å²) in [6.07, 6.45) is 5.26. The Morgan fingerprint density at radius 2 is 1.69 bits per heavy atom. The molecular formula is C25H20FN3O3. The number of rotatable bonds is 7. The molecule has 1 aliphatic carbocycles. The zero-order valence-electron chi connectivity index (χ0n) is 17.1. The van der Waals surface area contributed by atoms with Crippen LogP contribution in [0, 0.1) is 5.82 Å². The summed E-state index contributed by atoms with van der Waals surface area (Å²) in [5.74, 6) is 0.337. The van der Waals surface area contributed by atoms with Gasteiger partial charge >= 0.3 is 5.97 Å². The van der Waals surface area contributed by atoms with Crippen molar-refractivity contribution in [3.63, 3.8) is 0 Å². The molecule has 5 rings (SSSR count). The molecule has 0 unspecified atom stereocenters. The molecule has 1 fully saturated rings. The van der Waals surface area contributed by atoms with Crippen LogP contribution in [0.15, 0.2) is 73.1 Å². The Kier molecular flexibility index (Phi) is 4.93. The van der Waals surface area contributed by atoms with Crippen LogP contribution < -0.4 is 10.1 Å². The maximum atomic E-state index is 13.3. The van der Waals surface area contributed by atoms with Gasteiger partial charge in [0, 0.05) is 12.4 Å². The van der Waals surface area contributed by atoms with Gasteiger partial charge in [0.1, 0.15) is 17.4 Å². The van der Waals surface area contributed by atoms with Crippen molar-refractivity contribution in [3.8, 4) is 11.6 Å². The Bertz CT molecular complexity index is 1280. The number of benzene rings is 2. The topological polar surface area (TPSA) is 84.3 Å². The number of fused-ring (bicyclic) bond motifs is 1. The molecule has 0 amide bonds. The molecule has 1 aliphatic rings. The molecule has 6 nitrogen and oxygen atoms in total. The van der Waals surface area contributed by atoms with Gasteiger partial charge < -0.3 is 15.2 Å². The average Bonchev–Trinajstić information content (AvgIpc) is 3.56. The van der Waals surface area contributed by atoms with E-state index in [4.69, 9.17) is 9.84 Å². The van der Waals surface area contributed by atoms with Crippen LogP contribution in [0.5, 0.6) is 11.6 Å². The van der Waals surface area contributed by atoms with E-state index in [-0.39, 0.29) is 17.8 Å². The maximum absolute atomic E-state index is 13.3.